The molecule has 0 saturated carbocycles. The SMILES string of the molecule is COC1(c2ccc(C(C)(C)C)cc2)c2cc(Br)cc(c2)C(O)(c2ccc(C(C)(C)C)cc2)c2cc(Br)cc(c2)C(OC)(c2ccc(C(C)(C)C)cc2)c2cc(Br)cc(c2)C(O)(c2ccc(C(C)(C)C)cc2)c2cc(Br)cc1c2. The molecule has 0 amide bonds. The first-order valence-electron chi connectivity index (χ1n) is 26.6. The molecular formula is C70H72Br4O4. The predicted molar refractivity (Wildman–Crippen MR) is 335 cm³/mol. The summed E-state index contributed by atoms with van der Waals surface area (Å²) in [4.78, 5) is 0. The van der Waals surface area contributed by atoms with Gasteiger partial charge in [0.25, 0.3) is 0 Å². The van der Waals surface area contributed by atoms with Crippen LogP contribution in [-0.4, -0.2) is 24.4 Å². The molecule has 0 aromatic heterocycles. The Morgan fingerprint density at radius 2 is 0.449 bits per heavy atom. The van der Waals surface area contributed by atoms with Crippen molar-refractivity contribution in [1.82, 2.24) is 0 Å². The van der Waals surface area contributed by atoms with Crippen LogP contribution in [0.2, 0.25) is 0 Å². The smallest absolute Gasteiger partial charge is 0.143 e. The van der Waals surface area contributed by atoms with Crippen molar-refractivity contribution in [3.05, 3.63) is 277 Å². The molecule has 0 aliphatic heterocycles. The Morgan fingerprint density at radius 3 is 0.628 bits per heavy atom. The second-order valence-corrected chi connectivity index (χ2v) is 29.1. The molecule has 1 aliphatic rings. The number of hydrogen-bond donors (Lipinski definition) is 2. The number of benzene rings is 8. The van der Waals surface area contributed by atoms with Crippen molar-refractivity contribution >= 4 is 63.7 Å². The van der Waals surface area contributed by atoms with Crippen LogP contribution < -0.4 is 0 Å². The molecule has 8 bridgehead atoms. The molecule has 0 saturated heterocycles. The highest BCUT2D eigenvalue weighted by Gasteiger charge is 2.46. The van der Waals surface area contributed by atoms with Gasteiger partial charge in [0, 0.05) is 32.1 Å². The van der Waals surface area contributed by atoms with Crippen molar-refractivity contribution in [1.29, 1.82) is 0 Å². The Bertz CT molecular complexity index is 3170. The lowest BCUT2D eigenvalue weighted by atomic mass is 9.71. The number of halogens is 4. The lowest BCUT2D eigenvalue weighted by molar-refractivity contribution is 0.0561. The molecule has 404 valence electrons. The average Bonchev–Trinajstić information content (AvgIpc) is 3.49. The Kier molecular flexibility index (Phi) is 15.5. The number of hydrogen-bond acceptors (Lipinski definition) is 4. The molecule has 78 heavy (non-hydrogen) atoms. The molecule has 0 heterocycles. The van der Waals surface area contributed by atoms with Gasteiger partial charge in [0.2, 0.25) is 0 Å². The molecule has 9 rings (SSSR count). The standard InChI is InChI=1S/C70H72Br4O4/c1-63(2,3)43-15-23-47(24-16-43)67(75)51-31-55(39-59(71)35-51)69(77-13,49-27-19-45(20-28-49)65(7,8)9)57-33-53(37-61(73)41-57)68(76,48-25-17-44(18-26-48)64(4,5)6)54-34-58(42-62(74)38-54)70(78-14,56-32-52(67)36-60(72)40-56)50-29-21-46(22-30-50)66(10,11)12/h15-42,75-76H,1-14H3. The summed E-state index contributed by atoms with van der Waals surface area (Å²) in [6.45, 7) is 26.5. The van der Waals surface area contributed by atoms with Gasteiger partial charge in [-0.25, -0.2) is 0 Å². The fourth-order valence-corrected chi connectivity index (χ4v) is 13.5. The molecular weight excluding hydrogens is 1220 g/mol. The van der Waals surface area contributed by atoms with E-state index in [4.69, 9.17) is 9.47 Å². The summed E-state index contributed by atoms with van der Waals surface area (Å²) in [6.07, 6.45) is 0. The van der Waals surface area contributed by atoms with Gasteiger partial charge in [0.1, 0.15) is 22.4 Å². The van der Waals surface area contributed by atoms with E-state index in [1.54, 1.807) is 14.2 Å². The van der Waals surface area contributed by atoms with Crippen LogP contribution >= 0.6 is 63.7 Å². The lowest BCUT2D eigenvalue weighted by Crippen LogP contribution is -2.37. The summed E-state index contributed by atoms with van der Waals surface area (Å²) < 4.78 is 17.2. The average molecular weight is 1300 g/mol. The van der Waals surface area contributed by atoms with E-state index in [9.17, 15) is 10.2 Å². The fraction of sp³-hybridized carbons (Fsp3) is 0.314. The quantitative estimate of drug-likeness (QED) is 0.174. The van der Waals surface area contributed by atoms with Gasteiger partial charge in [-0.05, 0) is 183 Å². The van der Waals surface area contributed by atoms with Gasteiger partial charge >= 0.3 is 0 Å². The van der Waals surface area contributed by atoms with Crippen molar-refractivity contribution in [2.24, 2.45) is 0 Å². The normalized spacial score (nSPS) is 20.9. The van der Waals surface area contributed by atoms with Crippen LogP contribution in [0.25, 0.3) is 0 Å². The van der Waals surface area contributed by atoms with Gasteiger partial charge in [-0.3, -0.25) is 0 Å². The number of aliphatic hydroxyl groups is 2. The minimum Gasteiger partial charge on any atom is -0.376 e. The Morgan fingerprint density at radius 1 is 0.269 bits per heavy atom. The Labute approximate surface area is 497 Å². The highest BCUT2D eigenvalue weighted by molar-refractivity contribution is 9.11. The summed E-state index contributed by atoms with van der Waals surface area (Å²) >= 11 is 16.1. The first-order valence-corrected chi connectivity index (χ1v) is 29.8. The van der Waals surface area contributed by atoms with Gasteiger partial charge in [0.05, 0.1) is 0 Å². The number of methoxy groups -OCH3 is 2. The Hall–Kier alpha value is -4.48. The van der Waals surface area contributed by atoms with Crippen LogP contribution in [0.15, 0.2) is 188 Å². The summed E-state index contributed by atoms with van der Waals surface area (Å²) in [6, 6.07) is 58.8. The second-order valence-electron chi connectivity index (χ2n) is 25.4. The van der Waals surface area contributed by atoms with Crippen molar-refractivity contribution in [2.45, 2.75) is 127 Å². The van der Waals surface area contributed by atoms with E-state index in [0.717, 1.165) is 62.4 Å². The summed E-state index contributed by atoms with van der Waals surface area (Å²) in [5.74, 6) is 0. The van der Waals surface area contributed by atoms with Gasteiger partial charge in [0.15, 0.2) is 0 Å². The molecule has 8 aromatic carbocycles. The summed E-state index contributed by atoms with van der Waals surface area (Å²) in [7, 11) is 3.48. The van der Waals surface area contributed by atoms with Crippen molar-refractivity contribution in [3.63, 3.8) is 0 Å². The zero-order valence-electron chi connectivity index (χ0n) is 47.4. The molecule has 0 unspecified atom stereocenters. The van der Waals surface area contributed by atoms with E-state index < -0.39 is 22.4 Å². The van der Waals surface area contributed by atoms with E-state index in [-0.39, 0.29) is 21.7 Å². The van der Waals surface area contributed by atoms with Crippen LogP contribution in [0, 0.1) is 0 Å². The third-order valence-electron chi connectivity index (χ3n) is 16.2. The Balaban J connectivity index is 1.50. The van der Waals surface area contributed by atoms with Gasteiger partial charge in [-0.2, -0.15) is 0 Å². The minimum absolute atomic E-state index is 0.120. The van der Waals surface area contributed by atoms with Crippen LogP contribution in [-0.2, 0) is 53.5 Å². The molecule has 1 aliphatic carbocycles. The number of fused-ring (bicyclic) bond motifs is 8. The molecule has 0 atom stereocenters. The monoisotopic (exact) mass is 1290 g/mol. The minimum atomic E-state index is -1.78. The maximum Gasteiger partial charge on any atom is 0.143 e. The van der Waals surface area contributed by atoms with Crippen LogP contribution in [0.5, 0.6) is 0 Å². The van der Waals surface area contributed by atoms with E-state index in [1.807, 2.05) is 24.3 Å². The van der Waals surface area contributed by atoms with Crippen LogP contribution in [0.1, 0.15) is 172 Å². The first-order chi connectivity index (χ1) is 36.4. The molecule has 8 aromatic rings. The highest BCUT2D eigenvalue weighted by Crippen LogP contribution is 2.52. The van der Waals surface area contributed by atoms with E-state index in [0.29, 0.717) is 33.4 Å². The molecule has 8 heteroatoms. The molecule has 0 fully saturated rings. The van der Waals surface area contributed by atoms with E-state index in [1.165, 1.54) is 11.1 Å². The topological polar surface area (TPSA) is 58.9 Å². The van der Waals surface area contributed by atoms with Gasteiger partial charge < -0.3 is 19.7 Å². The number of rotatable bonds is 6. The van der Waals surface area contributed by atoms with Crippen LogP contribution in [0.4, 0.5) is 0 Å². The fourth-order valence-electron chi connectivity index (χ4n) is 11.5. The summed E-state index contributed by atoms with van der Waals surface area (Å²) in [5, 5.41) is 28.9. The maximum atomic E-state index is 14.5. The lowest BCUT2D eigenvalue weighted by Gasteiger charge is -2.40. The third-order valence-corrected chi connectivity index (χ3v) is 18.0. The molecule has 4 nitrogen and oxygen atoms in total. The van der Waals surface area contributed by atoms with Gasteiger partial charge in [-0.15, -0.1) is 0 Å². The zero-order chi connectivity index (χ0) is 56.8. The first kappa shape index (κ1) is 58.2. The zero-order valence-corrected chi connectivity index (χ0v) is 53.7. The molecule has 2 N–H and O–H groups in total. The third kappa shape index (κ3) is 10.3. The molecule has 0 spiro atoms. The number of ether oxygens (including phenoxy) is 2. The highest BCUT2D eigenvalue weighted by atomic mass is 79.9. The van der Waals surface area contributed by atoms with Crippen LogP contribution in [0.3, 0.4) is 0 Å². The summed E-state index contributed by atoms with van der Waals surface area (Å²) in [5.41, 5.74) is 6.41. The molecule has 0 radical (unpaired) electrons. The van der Waals surface area contributed by atoms with E-state index >= 15 is 0 Å². The maximum absolute atomic E-state index is 14.5. The van der Waals surface area contributed by atoms with Crippen molar-refractivity contribution in [2.75, 3.05) is 14.2 Å². The predicted octanol–water partition coefficient (Wildman–Crippen LogP) is 18.7. The second kappa shape index (κ2) is 20.8. The van der Waals surface area contributed by atoms with Gasteiger partial charge in [-0.1, -0.05) is 244 Å². The van der Waals surface area contributed by atoms with Crippen molar-refractivity contribution < 1.29 is 19.7 Å². The largest absolute Gasteiger partial charge is 0.376 e. The van der Waals surface area contributed by atoms with E-state index in [2.05, 4.69) is 292 Å². The van der Waals surface area contributed by atoms with Crippen molar-refractivity contribution in [3.8, 4) is 0 Å².